The summed E-state index contributed by atoms with van der Waals surface area (Å²) in [6.07, 6.45) is 0.111. The van der Waals surface area contributed by atoms with Gasteiger partial charge in [0.25, 0.3) is 5.89 Å². The molecule has 1 heterocycles. The third-order valence-corrected chi connectivity index (χ3v) is 3.21. The fourth-order valence-electron chi connectivity index (χ4n) is 2.19. The van der Waals surface area contributed by atoms with E-state index in [9.17, 15) is 0 Å². The van der Waals surface area contributed by atoms with Gasteiger partial charge in [0, 0.05) is 11.1 Å². The lowest BCUT2D eigenvalue weighted by Gasteiger charge is -2.09. The minimum absolute atomic E-state index is 0.111. The molecule has 0 saturated heterocycles. The van der Waals surface area contributed by atoms with E-state index in [-0.39, 0.29) is 6.10 Å². The maximum atomic E-state index is 5.69. The van der Waals surface area contributed by atoms with Gasteiger partial charge in [-0.2, -0.15) is 4.98 Å². The molecule has 23 heavy (non-hydrogen) atoms. The molecule has 3 aromatic rings. The average Bonchev–Trinajstić information content (AvgIpc) is 3.04. The maximum Gasteiger partial charge on any atom is 0.258 e. The van der Waals surface area contributed by atoms with E-state index in [4.69, 9.17) is 14.0 Å². The van der Waals surface area contributed by atoms with E-state index in [1.54, 1.807) is 7.11 Å². The Morgan fingerprint density at radius 3 is 2.39 bits per heavy atom. The topological polar surface area (TPSA) is 57.4 Å². The minimum Gasteiger partial charge on any atom is -0.497 e. The maximum absolute atomic E-state index is 5.69. The first-order valence-corrected chi connectivity index (χ1v) is 7.41. The number of ether oxygens (including phenoxy) is 2. The van der Waals surface area contributed by atoms with Crippen LogP contribution in [0.4, 0.5) is 0 Å². The molecule has 5 heteroatoms. The van der Waals surface area contributed by atoms with Crippen LogP contribution in [0, 0.1) is 0 Å². The average molecular weight is 310 g/mol. The van der Waals surface area contributed by atoms with E-state index in [2.05, 4.69) is 10.1 Å². The van der Waals surface area contributed by atoms with E-state index in [0.29, 0.717) is 11.7 Å². The van der Waals surface area contributed by atoms with Gasteiger partial charge in [-0.1, -0.05) is 23.4 Å². The molecule has 0 unspecified atom stereocenters. The SMILES string of the molecule is COc1cccc(-c2noc(-c3cccc(OC(C)C)c3)n2)c1. The summed E-state index contributed by atoms with van der Waals surface area (Å²) < 4.78 is 16.3. The van der Waals surface area contributed by atoms with Gasteiger partial charge in [-0.05, 0) is 44.2 Å². The molecule has 0 saturated carbocycles. The Hall–Kier alpha value is -2.82. The fraction of sp³-hybridized carbons (Fsp3) is 0.222. The molecule has 0 aliphatic heterocycles. The first-order chi connectivity index (χ1) is 11.2. The molecule has 2 aromatic carbocycles. The summed E-state index contributed by atoms with van der Waals surface area (Å²) in [4.78, 5) is 4.46. The van der Waals surface area contributed by atoms with Crippen molar-refractivity contribution < 1.29 is 14.0 Å². The van der Waals surface area contributed by atoms with Crippen molar-refractivity contribution in [3.8, 4) is 34.3 Å². The number of hydrogen-bond acceptors (Lipinski definition) is 5. The van der Waals surface area contributed by atoms with Crippen LogP contribution in [0.5, 0.6) is 11.5 Å². The van der Waals surface area contributed by atoms with Crippen LogP contribution in [0.25, 0.3) is 22.8 Å². The Kier molecular flexibility index (Phi) is 4.28. The van der Waals surface area contributed by atoms with Crippen molar-refractivity contribution in [1.82, 2.24) is 10.1 Å². The van der Waals surface area contributed by atoms with Crippen molar-refractivity contribution in [2.75, 3.05) is 7.11 Å². The molecule has 0 N–H and O–H groups in total. The van der Waals surface area contributed by atoms with E-state index in [0.717, 1.165) is 22.6 Å². The number of nitrogens with zero attached hydrogens (tertiary/aromatic N) is 2. The molecule has 0 bridgehead atoms. The Labute approximate surface area is 134 Å². The van der Waals surface area contributed by atoms with Crippen molar-refractivity contribution in [2.24, 2.45) is 0 Å². The number of rotatable bonds is 5. The van der Waals surface area contributed by atoms with E-state index in [1.165, 1.54) is 0 Å². The molecule has 0 spiro atoms. The number of benzene rings is 2. The molecule has 0 aliphatic rings. The molecule has 3 rings (SSSR count). The predicted octanol–water partition coefficient (Wildman–Crippen LogP) is 4.20. The highest BCUT2D eigenvalue weighted by molar-refractivity contribution is 5.62. The van der Waals surface area contributed by atoms with E-state index in [1.807, 2.05) is 62.4 Å². The Bertz CT molecular complexity index is 796. The quantitative estimate of drug-likeness (QED) is 0.707. The second-order valence-corrected chi connectivity index (χ2v) is 5.35. The van der Waals surface area contributed by atoms with Gasteiger partial charge in [0.1, 0.15) is 11.5 Å². The summed E-state index contributed by atoms with van der Waals surface area (Å²) in [5.41, 5.74) is 1.67. The van der Waals surface area contributed by atoms with Crippen molar-refractivity contribution >= 4 is 0 Å². The second-order valence-electron chi connectivity index (χ2n) is 5.35. The van der Waals surface area contributed by atoms with Gasteiger partial charge in [0.2, 0.25) is 5.82 Å². The molecular formula is C18H18N2O3. The van der Waals surface area contributed by atoms with Crippen molar-refractivity contribution in [3.63, 3.8) is 0 Å². The van der Waals surface area contributed by atoms with Gasteiger partial charge in [-0.25, -0.2) is 0 Å². The lowest BCUT2D eigenvalue weighted by molar-refractivity contribution is 0.242. The number of methoxy groups -OCH3 is 1. The molecule has 0 atom stereocenters. The van der Waals surface area contributed by atoms with E-state index < -0.39 is 0 Å². The number of hydrogen-bond donors (Lipinski definition) is 0. The van der Waals surface area contributed by atoms with E-state index >= 15 is 0 Å². The smallest absolute Gasteiger partial charge is 0.258 e. The van der Waals surface area contributed by atoms with Crippen molar-refractivity contribution in [3.05, 3.63) is 48.5 Å². The number of aromatic nitrogens is 2. The third-order valence-electron chi connectivity index (χ3n) is 3.21. The zero-order valence-corrected chi connectivity index (χ0v) is 13.3. The molecule has 118 valence electrons. The summed E-state index contributed by atoms with van der Waals surface area (Å²) in [7, 11) is 1.63. The molecule has 0 radical (unpaired) electrons. The van der Waals surface area contributed by atoms with Gasteiger partial charge >= 0.3 is 0 Å². The summed E-state index contributed by atoms with van der Waals surface area (Å²) >= 11 is 0. The van der Waals surface area contributed by atoms with Crippen molar-refractivity contribution in [2.45, 2.75) is 20.0 Å². The third kappa shape index (κ3) is 3.51. The van der Waals surface area contributed by atoms with Crippen LogP contribution >= 0.6 is 0 Å². The standard InChI is InChI=1S/C18H18N2O3/c1-12(2)22-16-9-5-7-14(11-16)18-19-17(20-23-18)13-6-4-8-15(10-13)21-3/h4-12H,1-3H3. The van der Waals surface area contributed by atoms with Crippen LogP contribution in [-0.4, -0.2) is 23.4 Å². The largest absolute Gasteiger partial charge is 0.497 e. The van der Waals surface area contributed by atoms with Crippen molar-refractivity contribution in [1.29, 1.82) is 0 Å². The summed E-state index contributed by atoms with van der Waals surface area (Å²) in [5.74, 6) is 2.51. The van der Waals surface area contributed by atoms with Crippen LogP contribution in [-0.2, 0) is 0 Å². The van der Waals surface area contributed by atoms with Gasteiger partial charge in [-0.3, -0.25) is 0 Å². The van der Waals surface area contributed by atoms with Gasteiger partial charge < -0.3 is 14.0 Å². The van der Waals surface area contributed by atoms with Crippen LogP contribution in [0.15, 0.2) is 53.1 Å². The monoisotopic (exact) mass is 310 g/mol. The highest BCUT2D eigenvalue weighted by atomic mass is 16.5. The normalized spacial score (nSPS) is 10.8. The molecule has 5 nitrogen and oxygen atoms in total. The first-order valence-electron chi connectivity index (χ1n) is 7.41. The van der Waals surface area contributed by atoms with Gasteiger partial charge in [-0.15, -0.1) is 0 Å². The molecule has 0 fully saturated rings. The first kappa shape index (κ1) is 15.1. The Balaban J connectivity index is 1.89. The van der Waals surface area contributed by atoms with Crippen LogP contribution in [0.3, 0.4) is 0 Å². The Morgan fingerprint density at radius 2 is 1.65 bits per heavy atom. The zero-order valence-electron chi connectivity index (χ0n) is 13.3. The molecule has 0 amide bonds. The van der Waals surface area contributed by atoms with Gasteiger partial charge in [0.15, 0.2) is 0 Å². The summed E-state index contributed by atoms with van der Waals surface area (Å²) in [6, 6.07) is 15.2. The summed E-state index contributed by atoms with van der Waals surface area (Å²) in [6.45, 7) is 3.97. The van der Waals surface area contributed by atoms with Crippen LogP contribution in [0.2, 0.25) is 0 Å². The lowest BCUT2D eigenvalue weighted by atomic mass is 10.2. The highest BCUT2D eigenvalue weighted by Gasteiger charge is 2.12. The highest BCUT2D eigenvalue weighted by Crippen LogP contribution is 2.27. The van der Waals surface area contributed by atoms with Gasteiger partial charge in [0.05, 0.1) is 13.2 Å². The predicted molar refractivity (Wildman–Crippen MR) is 87.5 cm³/mol. The summed E-state index contributed by atoms with van der Waals surface area (Å²) in [5, 5.41) is 4.05. The lowest BCUT2D eigenvalue weighted by Crippen LogP contribution is -2.05. The fourth-order valence-corrected chi connectivity index (χ4v) is 2.19. The molecule has 1 aromatic heterocycles. The molecular weight excluding hydrogens is 292 g/mol. The van der Waals surface area contributed by atoms with Crippen LogP contribution in [0.1, 0.15) is 13.8 Å². The zero-order chi connectivity index (χ0) is 16.2. The van der Waals surface area contributed by atoms with Crippen LogP contribution < -0.4 is 9.47 Å². The minimum atomic E-state index is 0.111. The second kappa shape index (κ2) is 6.52. The Morgan fingerprint density at radius 1 is 0.957 bits per heavy atom. The molecule has 0 aliphatic carbocycles.